The molecule has 0 aliphatic carbocycles. The first-order valence-corrected chi connectivity index (χ1v) is 9.23. The van der Waals surface area contributed by atoms with Gasteiger partial charge in [-0.2, -0.15) is 0 Å². The van der Waals surface area contributed by atoms with Crippen LogP contribution in [0.25, 0.3) is 0 Å². The molecular weight excluding hydrogens is 360 g/mol. The van der Waals surface area contributed by atoms with Gasteiger partial charge in [0, 0.05) is 17.1 Å². The fourth-order valence-electron chi connectivity index (χ4n) is 2.15. The van der Waals surface area contributed by atoms with Crippen molar-refractivity contribution in [2.45, 2.75) is 18.2 Å². The van der Waals surface area contributed by atoms with E-state index in [0.29, 0.717) is 11.3 Å². The van der Waals surface area contributed by atoms with Gasteiger partial charge in [0.25, 0.3) is 5.91 Å². The number of hydrogen-bond acceptors (Lipinski definition) is 6. The molecule has 2 amide bonds. The van der Waals surface area contributed by atoms with Crippen molar-refractivity contribution in [1.29, 1.82) is 0 Å². The summed E-state index contributed by atoms with van der Waals surface area (Å²) in [6.07, 6.45) is 0.266. The Balaban J connectivity index is 2.04. The largest absolute Gasteiger partial charge is 0.465 e. The first kappa shape index (κ1) is 19.0. The summed E-state index contributed by atoms with van der Waals surface area (Å²) in [5.41, 5.74) is 5.95. The average molecular weight is 378 g/mol. The Morgan fingerprint density at radius 2 is 1.92 bits per heavy atom. The number of nitrogens with one attached hydrogen (secondary N) is 1. The van der Waals surface area contributed by atoms with Crippen molar-refractivity contribution in [1.82, 2.24) is 0 Å². The number of carbonyl (C=O) groups is 3. The Morgan fingerprint density at radius 3 is 2.52 bits per heavy atom. The fourth-order valence-corrected chi connectivity index (χ4v) is 4.17. The predicted molar refractivity (Wildman–Crippen MR) is 99.3 cm³/mol. The van der Waals surface area contributed by atoms with E-state index in [1.54, 1.807) is 18.7 Å². The zero-order valence-corrected chi connectivity index (χ0v) is 15.5. The van der Waals surface area contributed by atoms with E-state index in [1.807, 2.05) is 30.3 Å². The van der Waals surface area contributed by atoms with Crippen LogP contribution in [-0.2, 0) is 9.53 Å². The van der Waals surface area contributed by atoms with E-state index in [-0.39, 0.29) is 27.8 Å². The van der Waals surface area contributed by atoms with Crippen molar-refractivity contribution in [2.24, 2.45) is 5.73 Å². The summed E-state index contributed by atoms with van der Waals surface area (Å²) in [6.45, 7) is 1.60. The highest BCUT2D eigenvalue weighted by atomic mass is 32.2. The van der Waals surface area contributed by atoms with Crippen molar-refractivity contribution >= 4 is 45.9 Å². The van der Waals surface area contributed by atoms with Gasteiger partial charge in [0.05, 0.1) is 12.7 Å². The van der Waals surface area contributed by atoms with Gasteiger partial charge in [0.1, 0.15) is 9.88 Å². The van der Waals surface area contributed by atoms with Crippen LogP contribution in [0.1, 0.15) is 32.0 Å². The van der Waals surface area contributed by atoms with Gasteiger partial charge in [0.2, 0.25) is 5.91 Å². The van der Waals surface area contributed by atoms with Gasteiger partial charge in [-0.1, -0.05) is 18.2 Å². The Kier molecular flexibility index (Phi) is 6.60. The van der Waals surface area contributed by atoms with E-state index in [0.717, 1.165) is 16.2 Å². The van der Waals surface area contributed by atoms with Gasteiger partial charge < -0.3 is 15.8 Å². The zero-order valence-electron chi connectivity index (χ0n) is 13.8. The molecule has 8 heteroatoms. The third-order valence-corrected chi connectivity index (χ3v) is 5.56. The van der Waals surface area contributed by atoms with Gasteiger partial charge in [0.15, 0.2) is 0 Å². The molecule has 0 atom stereocenters. The van der Waals surface area contributed by atoms with Gasteiger partial charge in [-0.3, -0.25) is 9.59 Å². The molecule has 0 saturated carbocycles. The van der Waals surface area contributed by atoms with Crippen molar-refractivity contribution in [3.63, 3.8) is 0 Å². The first-order chi connectivity index (χ1) is 11.9. The molecule has 132 valence electrons. The SMILES string of the molecule is COC(=O)c1sc(NC(=O)CCSc2ccccc2)c(C(N)=O)c1C. The Morgan fingerprint density at radius 1 is 1.24 bits per heavy atom. The number of thioether (sulfide) groups is 1. The van der Waals surface area contributed by atoms with Crippen LogP contribution < -0.4 is 11.1 Å². The van der Waals surface area contributed by atoms with Crippen molar-refractivity contribution < 1.29 is 19.1 Å². The van der Waals surface area contributed by atoms with E-state index in [2.05, 4.69) is 10.1 Å². The number of primary amides is 1. The smallest absolute Gasteiger partial charge is 0.348 e. The molecule has 25 heavy (non-hydrogen) atoms. The minimum atomic E-state index is -0.696. The molecule has 0 radical (unpaired) electrons. The molecular formula is C17H18N2O4S2. The highest BCUT2D eigenvalue weighted by molar-refractivity contribution is 7.99. The van der Waals surface area contributed by atoms with Gasteiger partial charge in [-0.15, -0.1) is 23.1 Å². The number of carbonyl (C=O) groups excluding carboxylic acids is 3. The number of amides is 2. The molecule has 1 aromatic heterocycles. The molecule has 0 spiro atoms. The molecule has 0 aliphatic heterocycles. The van der Waals surface area contributed by atoms with E-state index in [1.165, 1.54) is 7.11 Å². The predicted octanol–water partition coefficient (Wildman–Crippen LogP) is 3.06. The maximum Gasteiger partial charge on any atom is 0.348 e. The lowest BCUT2D eigenvalue weighted by Crippen LogP contribution is -2.17. The molecule has 0 unspecified atom stereocenters. The van der Waals surface area contributed by atoms with Crippen LogP contribution >= 0.6 is 23.1 Å². The summed E-state index contributed by atoms with van der Waals surface area (Å²) in [5, 5.41) is 2.95. The maximum absolute atomic E-state index is 12.2. The number of nitrogens with two attached hydrogens (primary N) is 1. The summed E-state index contributed by atoms with van der Waals surface area (Å²) in [7, 11) is 1.25. The minimum Gasteiger partial charge on any atom is -0.465 e. The van der Waals surface area contributed by atoms with Crippen LogP contribution in [0.4, 0.5) is 5.00 Å². The number of thiophene rings is 1. The van der Waals surface area contributed by atoms with E-state index in [9.17, 15) is 14.4 Å². The molecule has 0 saturated heterocycles. The Labute approximate surface area is 153 Å². The van der Waals surface area contributed by atoms with Crippen molar-refractivity contribution in [3.8, 4) is 0 Å². The lowest BCUT2D eigenvalue weighted by Gasteiger charge is -2.05. The maximum atomic E-state index is 12.2. The molecule has 0 aliphatic rings. The monoisotopic (exact) mass is 378 g/mol. The number of esters is 1. The standard InChI is InChI=1S/C17H18N2O4S2/c1-10-13(15(18)21)16(25-14(10)17(22)23-2)19-12(20)8-9-24-11-6-4-3-5-7-11/h3-7H,8-9H2,1-2H3,(H2,18,21)(H,19,20). The van der Waals surface area contributed by atoms with Crippen molar-refractivity contribution in [3.05, 3.63) is 46.3 Å². The minimum absolute atomic E-state index is 0.148. The number of anilines is 1. The first-order valence-electron chi connectivity index (χ1n) is 7.43. The van der Waals surface area contributed by atoms with Gasteiger partial charge >= 0.3 is 5.97 Å². The molecule has 0 fully saturated rings. The second-order valence-corrected chi connectivity index (χ2v) is 7.26. The number of ether oxygens (including phenoxy) is 1. The fraction of sp³-hybridized carbons (Fsp3) is 0.235. The van der Waals surface area contributed by atoms with E-state index >= 15 is 0 Å². The third-order valence-electron chi connectivity index (χ3n) is 3.36. The highest BCUT2D eigenvalue weighted by Crippen LogP contribution is 2.33. The molecule has 2 rings (SSSR count). The summed E-state index contributed by atoms with van der Waals surface area (Å²) in [6, 6.07) is 9.74. The van der Waals surface area contributed by atoms with Crippen LogP contribution in [0.3, 0.4) is 0 Å². The van der Waals surface area contributed by atoms with E-state index in [4.69, 9.17) is 5.73 Å². The van der Waals surface area contributed by atoms with E-state index < -0.39 is 11.9 Å². The Bertz CT molecular complexity index is 787. The lowest BCUT2D eigenvalue weighted by molar-refractivity contribution is -0.115. The second kappa shape index (κ2) is 8.68. The van der Waals surface area contributed by atoms with Crippen LogP contribution in [0.15, 0.2) is 35.2 Å². The summed E-state index contributed by atoms with van der Waals surface area (Å²) < 4.78 is 4.69. The molecule has 3 N–H and O–H groups in total. The highest BCUT2D eigenvalue weighted by Gasteiger charge is 2.24. The summed E-state index contributed by atoms with van der Waals surface area (Å²) in [5.74, 6) is -0.915. The number of methoxy groups -OCH3 is 1. The number of rotatable bonds is 7. The van der Waals surface area contributed by atoms with Gasteiger partial charge in [-0.05, 0) is 24.6 Å². The average Bonchev–Trinajstić information content (AvgIpc) is 2.91. The zero-order chi connectivity index (χ0) is 18.4. The normalized spacial score (nSPS) is 10.3. The second-order valence-electron chi connectivity index (χ2n) is 5.08. The molecule has 0 bridgehead atoms. The molecule has 1 aromatic carbocycles. The quantitative estimate of drug-likeness (QED) is 0.570. The van der Waals surface area contributed by atoms with Crippen LogP contribution in [0, 0.1) is 6.92 Å². The lowest BCUT2D eigenvalue weighted by atomic mass is 10.1. The number of benzene rings is 1. The molecule has 6 nitrogen and oxygen atoms in total. The summed E-state index contributed by atoms with van der Waals surface area (Å²) in [4.78, 5) is 36.9. The summed E-state index contributed by atoms with van der Waals surface area (Å²) >= 11 is 2.55. The molecule has 2 aromatic rings. The number of hydrogen-bond donors (Lipinski definition) is 2. The van der Waals surface area contributed by atoms with Crippen LogP contribution in [0.2, 0.25) is 0 Å². The topological polar surface area (TPSA) is 98.5 Å². The Hall–Kier alpha value is -2.32. The van der Waals surface area contributed by atoms with Crippen molar-refractivity contribution in [2.75, 3.05) is 18.2 Å². The van der Waals surface area contributed by atoms with Crippen LogP contribution in [-0.4, -0.2) is 30.6 Å². The van der Waals surface area contributed by atoms with Gasteiger partial charge in [-0.25, -0.2) is 4.79 Å². The molecule has 1 heterocycles. The third kappa shape index (κ3) is 4.83. The van der Waals surface area contributed by atoms with Crippen LogP contribution in [0.5, 0.6) is 0 Å².